The van der Waals surface area contributed by atoms with E-state index in [2.05, 4.69) is 15.6 Å². The normalized spacial score (nSPS) is 12.2. The number of rotatable bonds is 9. The molecule has 1 heterocycles. The number of benzene rings is 3. The van der Waals surface area contributed by atoms with Crippen LogP contribution in [0.1, 0.15) is 38.8 Å². The monoisotopic (exact) mass is 503 g/mol. The third-order valence-corrected chi connectivity index (χ3v) is 6.34. The fraction of sp³-hybridized carbons (Fsp3) is 0.286. The molecule has 2 amide bonds. The fourth-order valence-electron chi connectivity index (χ4n) is 3.99. The molecular weight excluding hydrogens is 473 g/mol. The number of hydrogen-bond donors (Lipinski definition) is 1. The van der Waals surface area contributed by atoms with Crippen molar-refractivity contribution < 1.29 is 18.7 Å². The molecule has 3 aromatic carbocycles. The number of fused-ring (bicyclic) bond motifs is 1. The highest BCUT2D eigenvalue weighted by Crippen LogP contribution is 2.32. The second kappa shape index (κ2) is 10.8. The van der Waals surface area contributed by atoms with Crippen LogP contribution in [0.15, 0.2) is 72.8 Å². The van der Waals surface area contributed by atoms with Gasteiger partial charge in [0.2, 0.25) is 11.8 Å². The van der Waals surface area contributed by atoms with E-state index < -0.39 is 29.2 Å². The van der Waals surface area contributed by atoms with Crippen molar-refractivity contribution in [3.63, 3.8) is 0 Å². The van der Waals surface area contributed by atoms with E-state index >= 15 is 0 Å². The van der Waals surface area contributed by atoms with Crippen molar-refractivity contribution in [1.29, 1.82) is 0 Å². The number of nitrogens with one attached hydrogen (secondary N) is 1. The summed E-state index contributed by atoms with van der Waals surface area (Å²) in [5.41, 5.74) is 1.73. The van der Waals surface area contributed by atoms with Crippen LogP contribution in [0.25, 0.3) is 11.0 Å². The SMILES string of the molecule is CCC(C)(C)NC(=O)[C@@H](c1ccc(F)cc1)N(C(=O)Cn1nnc2ccccc21)c1cccc(OC)c1. The predicted molar refractivity (Wildman–Crippen MR) is 140 cm³/mol. The molecule has 4 aromatic rings. The van der Waals surface area contributed by atoms with E-state index in [1.807, 2.05) is 45.0 Å². The van der Waals surface area contributed by atoms with Crippen LogP contribution in [-0.2, 0) is 16.1 Å². The highest BCUT2D eigenvalue weighted by molar-refractivity contribution is 6.01. The van der Waals surface area contributed by atoms with Gasteiger partial charge in [0.05, 0.1) is 12.6 Å². The summed E-state index contributed by atoms with van der Waals surface area (Å²) in [6, 6.07) is 18.7. The number of ether oxygens (including phenoxy) is 1. The quantitative estimate of drug-likeness (QED) is 0.359. The van der Waals surface area contributed by atoms with E-state index in [1.54, 1.807) is 24.3 Å². The topological polar surface area (TPSA) is 89.4 Å². The van der Waals surface area contributed by atoms with Gasteiger partial charge in [0.1, 0.15) is 29.7 Å². The molecule has 0 aliphatic carbocycles. The molecule has 1 atom stereocenters. The summed E-state index contributed by atoms with van der Waals surface area (Å²) in [5, 5.41) is 11.3. The first kappa shape index (κ1) is 25.8. The first-order valence-corrected chi connectivity index (χ1v) is 12.0. The standard InChI is InChI=1S/C28H30FN5O3/c1-5-28(2,3)30-27(36)26(19-13-15-20(29)16-14-19)34(21-9-8-10-22(17-21)37-4)25(35)18-33-24-12-7-6-11-23(24)31-32-33/h6-17,26H,5,18H2,1-4H3,(H,30,36)/t26-/m1/s1. The van der Waals surface area contributed by atoms with Crippen LogP contribution >= 0.6 is 0 Å². The van der Waals surface area contributed by atoms with Gasteiger partial charge in [-0.3, -0.25) is 14.5 Å². The highest BCUT2D eigenvalue weighted by Gasteiger charge is 2.35. The molecule has 0 spiro atoms. The van der Waals surface area contributed by atoms with E-state index in [1.165, 1.54) is 41.0 Å². The molecule has 0 fully saturated rings. The van der Waals surface area contributed by atoms with Gasteiger partial charge < -0.3 is 10.1 Å². The Balaban J connectivity index is 1.83. The maximum Gasteiger partial charge on any atom is 0.249 e. The Bertz CT molecular complexity index is 1400. The maximum atomic E-state index is 14.0. The molecule has 9 heteroatoms. The lowest BCUT2D eigenvalue weighted by atomic mass is 9.98. The van der Waals surface area contributed by atoms with E-state index in [0.29, 0.717) is 34.5 Å². The number of carbonyl (C=O) groups excluding carboxylic acids is 2. The van der Waals surface area contributed by atoms with Crippen molar-refractivity contribution in [1.82, 2.24) is 20.3 Å². The van der Waals surface area contributed by atoms with E-state index in [9.17, 15) is 14.0 Å². The van der Waals surface area contributed by atoms with Crippen LogP contribution in [0, 0.1) is 5.82 Å². The molecule has 1 N–H and O–H groups in total. The van der Waals surface area contributed by atoms with Crippen molar-refractivity contribution in [2.75, 3.05) is 12.0 Å². The molecule has 0 unspecified atom stereocenters. The van der Waals surface area contributed by atoms with Gasteiger partial charge in [0.25, 0.3) is 0 Å². The average Bonchev–Trinajstić information content (AvgIpc) is 3.30. The minimum Gasteiger partial charge on any atom is -0.497 e. The van der Waals surface area contributed by atoms with Gasteiger partial charge in [0, 0.05) is 17.3 Å². The number of para-hydroxylation sites is 1. The molecule has 0 aliphatic heterocycles. The second-order valence-corrected chi connectivity index (χ2v) is 9.38. The minimum atomic E-state index is -1.08. The lowest BCUT2D eigenvalue weighted by Gasteiger charge is -2.34. The zero-order valence-electron chi connectivity index (χ0n) is 21.3. The molecule has 0 saturated carbocycles. The van der Waals surface area contributed by atoms with Crippen molar-refractivity contribution in [3.8, 4) is 5.75 Å². The van der Waals surface area contributed by atoms with E-state index in [4.69, 9.17) is 4.74 Å². The lowest BCUT2D eigenvalue weighted by molar-refractivity contribution is -0.128. The van der Waals surface area contributed by atoms with Crippen LogP contribution in [0.2, 0.25) is 0 Å². The minimum absolute atomic E-state index is 0.167. The number of halogens is 1. The summed E-state index contributed by atoms with van der Waals surface area (Å²) in [7, 11) is 1.53. The summed E-state index contributed by atoms with van der Waals surface area (Å²) in [5.74, 6) is -0.709. The Morgan fingerprint density at radius 1 is 1.08 bits per heavy atom. The Kier molecular flexibility index (Phi) is 7.52. The van der Waals surface area contributed by atoms with Gasteiger partial charge >= 0.3 is 0 Å². The van der Waals surface area contributed by atoms with Crippen LogP contribution in [0.3, 0.4) is 0 Å². The number of methoxy groups -OCH3 is 1. The predicted octanol–water partition coefficient (Wildman–Crippen LogP) is 4.66. The average molecular weight is 504 g/mol. The molecule has 0 bridgehead atoms. The zero-order valence-corrected chi connectivity index (χ0v) is 21.3. The van der Waals surface area contributed by atoms with Crippen LogP contribution in [0.5, 0.6) is 5.75 Å². The summed E-state index contributed by atoms with van der Waals surface area (Å²) in [6.07, 6.45) is 0.674. The lowest BCUT2D eigenvalue weighted by Crippen LogP contribution is -2.51. The van der Waals surface area contributed by atoms with Crippen molar-refractivity contribution in [2.24, 2.45) is 0 Å². The van der Waals surface area contributed by atoms with Gasteiger partial charge in [-0.15, -0.1) is 5.10 Å². The molecule has 4 rings (SSSR count). The third kappa shape index (κ3) is 5.77. The first-order chi connectivity index (χ1) is 17.7. The number of nitrogens with zero attached hydrogens (tertiary/aromatic N) is 4. The highest BCUT2D eigenvalue weighted by atomic mass is 19.1. The molecule has 192 valence electrons. The Labute approximate surface area is 215 Å². The molecule has 37 heavy (non-hydrogen) atoms. The number of hydrogen-bond acceptors (Lipinski definition) is 5. The van der Waals surface area contributed by atoms with Crippen LogP contribution in [0.4, 0.5) is 10.1 Å². The number of carbonyl (C=O) groups is 2. The Morgan fingerprint density at radius 2 is 1.81 bits per heavy atom. The second-order valence-electron chi connectivity index (χ2n) is 9.38. The fourth-order valence-corrected chi connectivity index (χ4v) is 3.99. The maximum absolute atomic E-state index is 14.0. The van der Waals surface area contributed by atoms with E-state index in [-0.39, 0.29) is 6.54 Å². The first-order valence-electron chi connectivity index (χ1n) is 12.0. The van der Waals surface area contributed by atoms with Gasteiger partial charge in [-0.25, -0.2) is 9.07 Å². The molecule has 8 nitrogen and oxygen atoms in total. The van der Waals surface area contributed by atoms with Crippen molar-refractivity contribution in [3.05, 3.63) is 84.2 Å². The van der Waals surface area contributed by atoms with Gasteiger partial charge in [-0.05, 0) is 62.2 Å². The van der Waals surface area contributed by atoms with Crippen LogP contribution < -0.4 is 15.0 Å². The number of anilines is 1. The zero-order chi connectivity index (χ0) is 26.6. The summed E-state index contributed by atoms with van der Waals surface area (Å²) >= 11 is 0. The third-order valence-electron chi connectivity index (χ3n) is 6.34. The molecule has 1 aromatic heterocycles. The molecule has 0 saturated heterocycles. The molecular formula is C28H30FN5O3. The number of aromatic nitrogens is 3. The smallest absolute Gasteiger partial charge is 0.249 e. The Morgan fingerprint density at radius 3 is 2.51 bits per heavy atom. The van der Waals surface area contributed by atoms with Gasteiger partial charge in [0.15, 0.2) is 0 Å². The Hall–Kier alpha value is -4.27. The van der Waals surface area contributed by atoms with Crippen molar-refractivity contribution in [2.45, 2.75) is 45.3 Å². The summed E-state index contributed by atoms with van der Waals surface area (Å²) in [6.45, 7) is 5.62. The largest absolute Gasteiger partial charge is 0.497 e. The van der Waals surface area contributed by atoms with Gasteiger partial charge in [-0.1, -0.05) is 42.5 Å². The van der Waals surface area contributed by atoms with Gasteiger partial charge in [-0.2, -0.15) is 0 Å². The number of amides is 2. The molecule has 0 radical (unpaired) electrons. The molecule has 0 aliphatic rings. The van der Waals surface area contributed by atoms with E-state index in [0.717, 1.165) is 0 Å². The summed E-state index contributed by atoms with van der Waals surface area (Å²) < 4.78 is 20.7. The van der Waals surface area contributed by atoms with Crippen LogP contribution in [-0.4, -0.2) is 39.5 Å². The van der Waals surface area contributed by atoms with Crippen molar-refractivity contribution >= 4 is 28.5 Å². The summed E-state index contributed by atoms with van der Waals surface area (Å²) in [4.78, 5) is 29.3.